The number of aliphatic hydroxyl groups excluding tert-OH is 2. The van der Waals surface area contributed by atoms with Gasteiger partial charge in [0.05, 0.1) is 11.4 Å². The molecule has 4 rings (SSSR count). The first-order chi connectivity index (χ1) is 15.8. The molecular weight excluding hydrogens is 427 g/mol. The summed E-state index contributed by atoms with van der Waals surface area (Å²) in [6, 6.07) is 11.9. The Balaban J connectivity index is 1.23. The summed E-state index contributed by atoms with van der Waals surface area (Å²) < 4.78 is 13.3. The van der Waals surface area contributed by atoms with Crippen molar-refractivity contribution in [3.63, 3.8) is 0 Å². The van der Waals surface area contributed by atoms with E-state index in [9.17, 15) is 24.2 Å². The third kappa shape index (κ3) is 5.09. The van der Waals surface area contributed by atoms with E-state index in [2.05, 4.69) is 10.2 Å². The van der Waals surface area contributed by atoms with Crippen LogP contribution in [0, 0.1) is 11.7 Å². The summed E-state index contributed by atoms with van der Waals surface area (Å²) in [5.41, 5.74) is 9.09. The van der Waals surface area contributed by atoms with Crippen LogP contribution in [0.3, 0.4) is 0 Å². The molecule has 2 amide bonds. The molecule has 1 saturated heterocycles. The molecule has 0 bridgehead atoms. The molecule has 2 heterocycles. The van der Waals surface area contributed by atoms with Gasteiger partial charge in [0.25, 0.3) is 11.8 Å². The van der Waals surface area contributed by atoms with Crippen molar-refractivity contribution in [2.24, 2.45) is 5.92 Å². The molecule has 0 saturated carbocycles. The van der Waals surface area contributed by atoms with Gasteiger partial charge >= 0.3 is 0 Å². The molecule has 2 aromatic rings. The number of nitrogen functional groups attached to an aromatic ring is 1. The Morgan fingerprint density at radius 2 is 1.70 bits per heavy atom. The van der Waals surface area contributed by atoms with Gasteiger partial charge in [-0.1, -0.05) is 24.3 Å². The van der Waals surface area contributed by atoms with Gasteiger partial charge in [-0.2, -0.15) is 0 Å². The van der Waals surface area contributed by atoms with Gasteiger partial charge in [0.15, 0.2) is 12.2 Å². The van der Waals surface area contributed by atoms with Crippen LogP contribution in [0.5, 0.6) is 0 Å². The molecule has 2 atom stereocenters. The zero-order valence-electron chi connectivity index (χ0n) is 18.3. The third-order valence-corrected chi connectivity index (χ3v) is 6.48. The summed E-state index contributed by atoms with van der Waals surface area (Å²) in [5, 5.41) is 23.2. The van der Waals surface area contributed by atoms with Crippen LogP contribution < -0.4 is 16.0 Å². The fourth-order valence-electron chi connectivity index (χ4n) is 4.50. The van der Waals surface area contributed by atoms with Crippen LogP contribution in [0.15, 0.2) is 42.5 Å². The molecular formula is C24H29FN4O4. The molecule has 5 N–H and O–H groups in total. The number of nitrogens with two attached hydrogens (primary N) is 1. The van der Waals surface area contributed by atoms with E-state index in [1.54, 1.807) is 6.07 Å². The minimum atomic E-state index is -1.83. The standard InChI is InChI=1S/C24H29FN4O4/c25-18-5-6-20(19(26)11-18)28-9-7-15(8-10-28)12-27-23(32)21(30)22(31)24(33)29-13-16-3-1-2-4-17(16)14-29/h1-6,11,15,21-22,30-31H,7-10,12-14,26H2,(H,27,32)/t21-,22-/m1/s1. The first-order valence-corrected chi connectivity index (χ1v) is 11.1. The SMILES string of the molecule is Nc1cc(F)ccc1N1CCC(CNC(=O)[C@H](O)[C@@H](O)C(=O)N2Cc3ccccc3C2)CC1. The van der Waals surface area contributed by atoms with Crippen molar-refractivity contribution in [3.05, 3.63) is 59.4 Å². The first kappa shape index (κ1) is 23.0. The Morgan fingerprint density at radius 1 is 1.06 bits per heavy atom. The summed E-state index contributed by atoms with van der Waals surface area (Å²) in [6.45, 7) is 2.43. The van der Waals surface area contributed by atoms with Gasteiger partial charge in [-0.3, -0.25) is 9.59 Å². The number of nitrogens with one attached hydrogen (secondary N) is 1. The normalized spacial score (nSPS) is 18.0. The summed E-state index contributed by atoms with van der Waals surface area (Å²) >= 11 is 0. The van der Waals surface area contributed by atoms with E-state index in [0.29, 0.717) is 38.4 Å². The lowest BCUT2D eigenvalue weighted by Gasteiger charge is -2.34. The van der Waals surface area contributed by atoms with E-state index < -0.39 is 24.0 Å². The Morgan fingerprint density at radius 3 is 2.30 bits per heavy atom. The highest BCUT2D eigenvalue weighted by molar-refractivity contribution is 5.91. The van der Waals surface area contributed by atoms with E-state index in [4.69, 9.17) is 5.73 Å². The fraction of sp³-hybridized carbons (Fsp3) is 0.417. The van der Waals surface area contributed by atoms with Crippen molar-refractivity contribution in [2.45, 2.75) is 38.1 Å². The number of amides is 2. The first-order valence-electron chi connectivity index (χ1n) is 11.1. The van der Waals surface area contributed by atoms with Crippen LogP contribution in [0.1, 0.15) is 24.0 Å². The highest BCUT2D eigenvalue weighted by atomic mass is 19.1. The Bertz CT molecular complexity index is 1000. The number of halogens is 1. The van der Waals surface area contributed by atoms with E-state index in [1.807, 2.05) is 24.3 Å². The van der Waals surface area contributed by atoms with Crippen molar-refractivity contribution in [2.75, 3.05) is 30.3 Å². The van der Waals surface area contributed by atoms with Crippen molar-refractivity contribution in [1.82, 2.24) is 10.2 Å². The monoisotopic (exact) mass is 456 g/mol. The average Bonchev–Trinajstić information content (AvgIpc) is 3.26. The lowest BCUT2D eigenvalue weighted by molar-refractivity contribution is -0.153. The lowest BCUT2D eigenvalue weighted by atomic mass is 9.96. The summed E-state index contributed by atoms with van der Waals surface area (Å²) in [5.74, 6) is -1.63. The lowest BCUT2D eigenvalue weighted by Crippen LogP contribution is -2.50. The summed E-state index contributed by atoms with van der Waals surface area (Å²) in [7, 11) is 0. The average molecular weight is 457 g/mol. The van der Waals surface area contributed by atoms with Crippen LogP contribution in [-0.4, -0.2) is 58.8 Å². The molecule has 9 heteroatoms. The van der Waals surface area contributed by atoms with E-state index in [1.165, 1.54) is 17.0 Å². The number of benzene rings is 2. The van der Waals surface area contributed by atoms with Gasteiger partial charge < -0.3 is 31.1 Å². The number of rotatable bonds is 6. The minimum absolute atomic E-state index is 0.181. The smallest absolute Gasteiger partial charge is 0.255 e. The van der Waals surface area contributed by atoms with Crippen molar-refractivity contribution < 1.29 is 24.2 Å². The Hall–Kier alpha value is -3.17. The number of hydrogen-bond acceptors (Lipinski definition) is 6. The predicted octanol–water partition coefficient (Wildman–Crippen LogP) is 1.00. The molecule has 33 heavy (non-hydrogen) atoms. The van der Waals surface area contributed by atoms with Gasteiger partial charge in [-0.05, 0) is 48.1 Å². The number of nitrogens with zero attached hydrogens (tertiary/aromatic N) is 2. The van der Waals surface area contributed by atoms with Crippen molar-refractivity contribution in [3.8, 4) is 0 Å². The van der Waals surface area contributed by atoms with Gasteiger partial charge in [-0.15, -0.1) is 0 Å². The van der Waals surface area contributed by atoms with Crippen LogP contribution in [0.25, 0.3) is 0 Å². The number of piperidine rings is 1. The topological polar surface area (TPSA) is 119 Å². The second kappa shape index (κ2) is 9.76. The molecule has 1 fully saturated rings. The second-order valence-electron chi connectivity index (χ2n) is 8.73. The highest BCUT2D eigenvalue weighted by Crippen LogP contribution is 2.28. The molecule has 0 aromatic heterocycles. The Labute approximate surface area is 191 Å². The van der Waals surface area contributed by atoms with Crippen LogP contribution in [0.2, 0.25) is 0 Å². The predicted molar refractivity (Wildman–Crippen MR) is 121 cm³/mol. The molecule has 2 aromatic carbocycles. The number of aliphatic hydroxyl groups is 2. The minimum Gasteiger partial charge on any atom is -0.397 e. The maximum Gasteiger partial charge on any atom is 0.255 e. The number of carbonyl (C=O) groups is 2. The molecule has 8 nitrogen and oxygen atoms in total. The molecule has 0 aliphatic carbocycles. The van der Waals surface area contributed by atoms with Crippen molar-refractivity contribution in [1.29, 1.82) is 0 Å². The van der Waals surface area contributed by atoms with Gasteiger partial charge in [-0.25, -0.2) is 4.39 Å². The zero-order chi connectivity index (χ0) is 23.5. The summed E-state index contributed by atoms with van der Waals surface area (Å²) in [4.78, 5) is 28.5. The van der Waals surface area contributed by atoms with Crippen LogP contribution in [0.4, 0.5) is 15.8 Å². The number of anilines is 2. The quantitative estimate of drug-likeness (QED) is 0.482. The molecule has 176 valence electrons. The van der Waals surface area contributed by atoms with Crippen molar-refractivity contribution >= 4 is 23.2 Å². The van der Waals surface area contributed by atoms with Crippen LogP contribution >= 0.6 is 0 Å². The van der Waals surface area contributed by atoms with E-state index >= 15 is 0 Å². The van der Waals surface area contributed by atoms with E-state index in [-0.39, 0.29) is 11.7 Å². The molecule has 2 aliphatic heterocycles. The van der Waals surface area contributed by atoms with Gasteiger partial charge in [0.2, 0.25) is 0 Å². The molecule has 0 radical (unpaired) electrons. The molecule has 0 unspecified atom stereocenters. The largest absolute Gasteiger partial charge is 0.397 e. The number of carbonyl (C=O) groups excluding carboxylic acids is 2. The Kier molecular flexibility index (Phi) is 6.80. The number of fused-ring (bicyclic) bond motifs is 1. The van der Waals surface area contributed by atoms with Gasteiger partial charge in [0.1, 0.15) is 5.82 Å². The second-order valence-corrected chi connectivity index (χ2v) is 8.73. The zero-order valence-corrected chi connectivity index (χ0v) is 18.3. The maximum absolute atomic E-state index is 13.3. The molecule has 0 spiro atoms. The van der Waals surface area contributed by atoms with E-state index in [0.717, 1.165) is 29.7 Å². The van der Waals surface area contributed by atoms with Crippen LogP contribution in [-0.2, 0) is 22.7 Å². The maximum atomic E-state index is 13.3. The highest BCUT2D eigenvalue weighted by Gasteiger charge is 2.35. The summed E-state index contributed by atoms with van der Waals surface area (Å²) in [6.07, 6.45) is -2.09. The van der Waals surface area contributed by atoms with Gasteiger partial charge in [0, 0.05) is 32.7 Å². The third-order valence-electron chi connectivity index (χ3n) is 6.48. The molecule has 2 aliphatic rings. The number of hydrogen-bond donors (Lipinski definition) is 4. The fourth-order valence-corrected chi connectivity index (χ4v) is 4.50.